The molecule has 2 N–H and O–H groups in total. The number of hydrogen-bond acceptors (Lipinski definition) is 4. The number of carbonyl (C=O) groups excluding carboxylic acids is 4. The van der Waals surface area contributed by atoms with Crippen molar-refractivity contribution in [3.05, 3.63) is 59.7 Å². The Morgan fingerprint density at radius 1 is 1.18 bits per heavy atom. The van der Waals surface area contributed by atoms with E-state index in [0.29, 0.717) is 18.5 Å². The molecular formula is C23H24FN5O4. The van der Waals surface area contributed by atoms with Gasteiger partial charge in [-0.15, -0.1) is 0 Å². The summed E-state index contributed by atoms with van der Waals surface area (Å²) in [7, 11) is 1.76. The van der Waals surface area contributed by atoms with E-state index in [2.05, 4.69) is 10.6 Å². The van der Waals surface area contributed by atoms with Crippen LogP contribution in [0.2, 0.25) is 0 Å². The van der Waals surface area contributed by atoms with Crippen LogP contribution in [0.5, 0.6) is 0 Å². The van der Waals surface area contributed by atoms with Gasteiger partial charge < -0.3 is 25.0 Å². The van der Waals surface area contributed by atoms with E-state index in [9.17, 15) is 23.6 Å². The number of nitrogens with one attached hydrogen (secondary N) is 2. The van der Waals surface area contributed by atoms with Crippen LogP contribution in [0.4, 0.5) is 4.39 Å². The number of benzene rings is 1. The van der Waals surface area contributed by atoms with Crippen molar-refractivity contribution in [3.8, 4) is 0 Å². The van der Waals surface area contributed by atoms with E-state index in [1.165, 1.54) is 28.0 Å². The summed E-state index contributed by atoms with van der Waals surface area (Å²) in [6.07, 6.45) is 2.50. The Labute approximate surface area is 189 Å². The van der Waals surface area contributed by atoms with Gasteiger partial charge in [-0.3, -0.25) is 19.2 Å². The molecule has 3 saturated heterocycles. The Balaban J connectivity index is 1.35. The van der Waals surface area contributed by atoms with Gasteiger partial charge in [-0.25, -0.2) is 4.39 Å². The zero-order valence-electron chi connectivity index (χ0n) is 18.0. The first-order valence-electron chi connectivity index (χ1n) is 10.9. The third-order valence-electron chi connectivity index (χ3n) is 6.71. The van der Waals surface area contributed by atoms with Crippen molar-refractivity contribution in [3.63, 3.8) is 0 Å². The fraction of sp³-hybridized carbons (Fsp3) is 0.391. The minimum atomic E-state index is -0.864. The quantitative estimate of drug-likeness (QED) is 0.697. The van der Waals surface area contributed by atoms with Gasteiger partial charge in [0.2, 0.25) is 11.8 Å². The maximum Gasteiger partial charge on any atom is 0.268 e. The molecule has 3 fully saturated rings. The predicted octanol–water partition coefficient (Wildman–Crippen LogP) is 0.277. The Bertz CT molecular complexity index is 1150. The molecule has 172 valence electrons. The highest BCUT2D eigenvalue weighted by molar-refractivity contribution is 6.01. The Hall–Kier alpha value is -3.69. The molecule has 4 heterocycles. The predicted molar refractivity (Wildman–Crippen MR) is 115 cm³/mol. The summed E-state index contributed by atoms with van der Waals surface area (Å²) in [5, 5.41) is 5.82. The second kappa shape index (κ2) is 8.02. The van der Waals surface area contributed by atoms with Crippen LogP contribution in [-0.2, 0) is 16.6 Å². The summed E-state index contributed by atoms with van der Waals surface area (Å²) in [6.45, 7) is 0.459. The Morgan fingerprint density at radius 3 is 2.73 bits per heavy atom. The summed E-state index contributed by atoms with van der Waals surface area (Å²) >= 11 is 0. The van der Waals surface area contributed by atoms with E-state index in [1.54, 1.807) is 29.9 Å². The topological polar surface area (TPSA) is 104 Å². The number of aryl methyl sites for hydroxylation is 1. The zero-order valence-corrected chi connectivity index (χ0v) is 18.0. The molecule has 4 atom stereocenters. The normalized spacial score (nSPS) is 26.5. The van der Waals surface area contributed by atoms with Crippen molar-refractivity contribution < 1.29 is 23.6 Å². The molecule has 33 heavy (non-hydrogen) atoms. The minimum absolute atomic E-state index is 0.157. The number of nitrogens with zero attached hydrogens (tertiary/aromatic N) is 3. The highest BCUT2D eigenvalue weighted by Gasteiger charge is 2.52. The Morgan fingerprint density at radius 2 is 2.00 bits per heavy atom. The van der Waals surface area contributed by atoms with Crippen molar-refractivity contribution in [1.29, 1.82) is 0 Å². The number of hydrogen-bond donors (Lipinski definition) is 2. The maximum absolute atomic E-state index is 13.7. The van der Waals surface area contributed by atoms with Crippen molar-refractivity contribution >= 4 is 23.6 Å². The molecule has 9 nitrogen and oxygen atoms in total. The molecule has 5 rings (SSSR count). The molecule has 0 radical (unpaired) electrons. The second-order valence-corrected chi connectivity index (χ2v) is 8.77. The van der Waals surface area contributed by atoms with E-state index in [-0.39, 0.29) is 36.4 Å². The van der Waals surface area contributed by atoms with Crippen LogP contribution in [-0.4, -0.2) is 75.3 Å². The molecule has 3 aliphatic heterocycles. The van der Waals surface area contributed by atoms with Crippen LogP contribution in [0.3, 0.4) is 0 Å². The van der Waals surface area contributed by atoms with E-state index >= 15 is 0 Å². The molecule has 0 spiro atoms. The first-order valence-corrected chi connectivity index (χ1v) is 10.9. The molecule has 4 amide bonds. The van der Waals surface area contributed by atoms with E-state index in [0.717, 1.165) is 6.07 Å². The average molecular weight is 453 g/mol. The third kappa shape index (κ3) is 3.65. The first-order chi connectivity index (χ1) is 15.8. The highest BCUT2D eigenvalue weighted by atomic mass is 19.1. The molecule has 2 aromatic rings. The van der Waals surface area contributed by atoms with Gasteiger partial charge in [0.25, 0.3) is 11.8 Å². The third-order valence-corrected chi connectivity index (χ3v) is 6.71. The number of rotatable bonds is 3. The molecule has 0 saturated carbocycles. The molecule has 0 unspecified atom stereocenters. The fourth-order valence-electron chi connectivity index (χ4n) is 5.10. The van der Waals surface area contributed by atoms with Crippen LogP contribution < -0.4 is 10.6 Å². The van der Waals surface area contributed by atoms with Crippen molar-refractivity contribution in [2.24, 2.45) is 7.05 Å². The number of aromatic nitrogens is 1. The van der Waals surface area contributed by atoms with Gasteiger partial charge in [-0.1, -0.05) is 6.07 Å². The van der Waals surface area contributed by atoms with Crippen LogP contribution in [0.25, 0.3) is 0 Å². The summed E-state index contributed by atoms with van der Waals surface area (Å²) in [5.74, 6) is -1.88. The summed E-state index contributed by atoms with van der Waals surface area (Å²) in [5.41, 5.74) is 0.639. The zero-order chi connectivity index (χ0) is 23.3. The lowest BCUT2D eigenvalue weighted by molar-refractivity contribution is -0.138. The fourth-order valence-corrected chi connectivity index (χ4v) is 5.10. The van der Waals surface area contributed by atoms with Crippen LogP contribution >= 0.6 is 0 Å². The van der Waals surface area contributed by atoms with E-state index in [4.69, 9.17) is 0 Å². The van der Waals surface area contributed by atoms with Crippen molar-refractivity contribution in [2.45, 2.75) is 37.0 Å². The second-order valence-electron chi connectivity index (χ2n) is 8.77. The summed E-state index contributed by atoms with van der Waals surface area (Å²) in [4.78, 5) is 55.0. The van der Waals surface area contributed by atoms with Crippen LogP contribution in [0.15, 0.2) is 42.6 Å². The number of carbonyl (C=O) groups is 4. The van der Waals surface area contributed by atoms with Gasteiger partial charge in [0.05, 0.1) is 6.04 Å². The Kier molecular flexibility index (Phi) is 5.15. The largest absolute Gasteiger partial charge is 0.349 e. The molecule has 3 aliphatic rings. The molecule has 0 aliphatic carbocycles. The molecule has 0 bridgehead atoms. The number of fused-ring (bicyclic) bond motifs is 2. The van der Waals surface area contributed by atoms with Crippen molar-refractivity contribution in [1.82, 2.24) is 25.0 Å². The first kappa shape index (κ1) is 21.2. The lowest BCUT2D eigenvalue weighted by Crippen LogP contribution is -2.52. The number of likely N-dealkylation sites (tertiary alicyclic amines) is 1. The minimum Gasteiger partial charge on any atom is -0.349 e. The highest BCUT2D eigenvalue weighted by Crippen LogP contribution is 2.30. The number of amides is 4. The van der Waals surface area contributed by atoms with Crippen LogP contribution in [0.1, 0.15) is 33.7 Å². The van der Waals surface area contributed by atoms with Crippen molar-refractivity contribution in [2.75, 3.05) is 13.1 Å². The van der Waals surface area contributed by atoms with Gasteiger partial charge >= 0.3 is 0 Å². The molecular weight excluding hydrogens is 429 g/mol. The average Bonchev–Trinajstić information content (AvgIpc) is 3.49. The summed E-state index contributed by atoms with van der Waals surface area (Å²) < 4.78 is 15.3. The lowest BCUT2D eigenvalue weighted by atomic mass is 10.1. The SMILES string of the molecule is Cn1cccc1C(=O)N[C@H]1C[C@@H]2C(=O)N[C@H]3CCN(C(=O)c4cccc(F)c4)[C@@H]3C(=O)N2C1. The monoisotopic (exact) mass is 453 g/mol. The summed E-state index contributed by atoms with van der Waals surface area (Å²) in [6, 6.07) is 6.34. The van der Waals surface area contributed by atoms with Gasteiger partial charge in [-0.05, 0) is 43.2 Å². The van der Waals surface area contributed by atoms with Gasteiger partial charge in [0.1, 0.15) is 23.6 Å². The van der Waals surface area contributed by atoms with Gasteiger partial charge in [-0.2, -0.15) is 0 Å². The molecule has 1 aromatic carbocycles. The van der Waals surface area contributed by atoms with Crippen LogP contribution in [0, 0.1) is 5.82 Å². The van der Waals surface area contributed by atoms with Gasteiger partial charge in [0, 0.05) is 37.9 Å². The smallest absolute Gasteiger partial charge is 0.268 e. The van der Waals surface area contributed by atoms with E-state index < -0.39 is 35.9 Å². The van der Waals surface area contributed by atoms with E-state index in [1.807, 2.05) is 0 Å². The molecule has 1 aromatic heterocycles. The standard InChI is InChI=1S/C23H24FN5O4/c1-27-8-3-6-17(27)20(30)25-15-11-18-21(31)26-16-7-9-28(19(16)23(33)29(18)12-15)22(32)13-4-2-5-14(24)10-13/h2-6,8,10,15-16,18-19H,7,9,11-12H2,1H3,(H,25,30)(H,26,31)/t15-,16-,18+,19-/m0/s1. The number of halogens is 1. The molecule has 10 heteroatoms. The van der Waals surface area contributed by atoms with Gasteiger partial charge in [0.15, 0.2) is 0 Å². The maximum atomic E-state index is 13.7. The lowest BCUT2D eigenvalue weighted by Gasteiger charge is -2.29.